The SMILES string of the molecule is COc1ncnc2c1CN(CC(=O)N1Cc3ccccc3C(c3ccccc3)C1)CC2. The van der Waals surface area contributed by atoms with Crippen molar-refractivity contribution < 1.29 is 9.53 Å². The molecule has 0 bridgehead atoms. The van der Waals surface area contributed by atoms with Crippen LogP contribution in [0.1, 0.15) is 33.9 Å². The van der Waals surface area contributed by atoms with Crippen molar-refractivity contribution in [1.29, 1.82) is 0 Å². The average molecular weight is 415 g/mol. The van der Waals surface area contributed by atoms with Crippen LogP contribution in [0.2, 0.25) is 0 Å². The van der Waals surface area contributed by atoms with Gasteiger partial charge < -0.3 is 9.64 Å². The summed E-state index contributed by atoms with van der Waals surface area (Å²) < 4.78 is 5.41. The summed E-state index contributed by atoms with van der Waals surface area (Å²) in [7, 11) is 1.63. The summed E-state index contributed by atoms with van der Waals surface area (Å²) in [5.74, 6) is 0.971. The second-order valence-corrected chi connectivity index (χ2v) is 8.21. The minimum Gasteiger partial charge on any atom is -0.481 e. The Kier molecular flexibility index (Phi) is 5.38. The summed E-state index contributed by atoms with van der Waals surface area (Å²) in [5.41, 5.74) is 5.82. The number of carbonyl (C=O) groups excluding carboxylic acids is 1. The Bertz CT molecular complexity index is 1070. The molecule has 1 aromatic heterocycles. The van der Waals surface area contributed by atoms with Gasteiger partial charge in [-0.2, -0.15) is 0 Å². The van der Waals surface area contributed by atoms with Crippen LogP contribution in [0.25, 0.3) is 0 Å². The Balaban J connectivity index is 1.34. The van der Waals surface area contributed by atoms with E-state index in [2.05, 4.69) is 63.4 Å². The maximum absolute atomic E-state index is 13.3. The number of amides is 1. The molecular weight excluding hydrogens is 388 g/mol. The fourth-order valence-electron chi connectivity index (χ4n) is 4.74. The van der Waals surface area contributed by atoms with E-state index in [1.54, 1.807) is 13.4 Å². The quantitative estimate of drug-likeness (QED) is 0.657. The fraction of sp³-hybridized carbons (Fsp3) is 0.320. The Morgan fingerprint density at radius 3 is 2.71 bits per heavy atom. The third-order valence-electron chi connectivity index (χ3n) is 6.34. The lowest BCUT2D eigenvalue weighted by molar-refractivity contribution is -0.133. The van der Waals surface area contributed by atoms with E-state index in [9.17, 15) is 4.79 Å². The summed E-state index contributed by atoms with van der Waals surface area (Å²) in [4.78, 5) is 26.1. The number of ether oxygens (including phenoxy) is 1. The molecule has 2 aromatic carbocycles. The topological polar surface area (TPSA) is 58.6 Å². The Morgan fingerprint density at radius 1 is 1.06 bits per heavy atom. The number of methoxy groups -OCH3 is 1. The molecule has 5 rings (SSSR count). The van der Waals surface area contributed by atoms with Crippen LogP contribution in [0, 0.1) is 0 Å². The smallest absolute Gasteiger partial charge is 0.237 e. The standard InChI is InChI=1S/C25H26N4O2/c1-31-25-22-14-28(12-11-23(22)26-17-27-25)16-24(30)29-13-19-9-5-6-10-20(19)21(15-29)18-7-3-2-4-8-18/h2-10,17,21H,11-16H2,1H3. The first kappa shape index (κ1) is 19.7. The molecule has 0 radical (unpaired) electrons. The second kappa shape index (κ2) is 8.47. The van der Waals surface area contributed by atoms with Gasteiger partial charge >= 0.3 is 0 Å². The van der Waals surface area contributed by atoms with Gasteiger partial charge in [-0.15, -0.1) is 0 Å². The van der Waals surface area contributed by atoms with Gasteiger partial charge in [-0.25, -0.2) is 9.97 Å². The van der Waals surface area contributed by atoms with Gasteiger partial charge in [-0.05, 0) is 16.7 Å². The van der Waals surface area contributed by atoms with E-state index < -0.39 is 0 Å². The van der Waals surface area contributed by atoms with Crippen molar-refractivity contribution in [3.8, 4) is 5.88 Å². The van der Waals surface area contributed by atoms with Gasteiger partial charge in [0.05, 0.1) is 19.3 Å². The highest BCUT2D eigenvalue weighted by molar-refractivity contribution is 5.79. The number of hydrogen-bond acceptors (Lipinski definition) is 5. The number of benzene rings is 2. The highest BCUT2D eigenvalue weighted by atomic mass is 16.5. The molecule has 3 aromatic rings. The molecule has 1 atom stereocenters. The maximum atomic E-state index is 13.3. The normalized spacial score (nSPS) is 18.2. The Labute approximate surface area is 182 Å². The second-order valence-electron chi connectivity index (χ2n) is 8.21. The van der Waals surface area contributed by atoms with Gasteiger partial charge in [0.25, 0.3) is 0 Å². The zero-order chi connectivity index (χ0) is 21.2. The van der Waals surface area contributed by atoms with E-state index in [-0.39, 0.29) is 11.8 Å². The summed E-state index contributed by atoms with van der Waals surface area (Å²) in [5, 5.41) is 0. The molecule has 0 spiro atoms. The molecule has 6 nitrogen and oxygen atoms in total. The van der Waals surface area contributed by atoms with Gasteiger partial charge in [0.1, 0.15) is 6.33 Å². The predicted molar refractivity (Wildman–Crippen MR) is 118 cm³/mol. The average Bonchev–Trinajstić information content (AvgIpc) is 2.83. The van der Waals surface area contributed by atoms with E-state index in [4.69, 9.17) is 4.74 Å². The molecule has 3 heterocycles. The van der Waals surface area contributed by atoms with Crippen molar-refractivity contribution >= 4 is 5.91 Å². The highest BCUT2D eigenvalue weighted by Gasteiger charge is 2.31. The molecule has 6 heteroatoms. The van der Waals surface area contributed by atoms with E-state index in [1.807, 2.05) is 11.0 Å². The van der Waals surface area contributed by atoms with Crippen molar-refractivity contribution in [3.05, 3.63) is 88.9 Å². The third-order valence-corrected chi connectivity index (χ3v) is 6.34. The molecule has 1 unspecified atom stereocenters. The van der Waals surface area contributed by atoms with Gasteiger partial charge in [-0.1, -0.05) is 54.6 Å². The van der Waals surface area contributed by atoms with Crippen LogP contribution < -0.4 is 4.74 Å². The third kappa shape index (κ3) is 3.91. The summed E-state index contributed by atoms with van der Waals surface area (Å²) in [6, 6.07) is 19.0. The lowest BCUT2D eigenvalue weighted by atomic mass is 9.84. The molecule has 2 aliphatic rings. The molecule has 31 heavy (non-hydrogen) atoms. The lowest BCUT2D eigenvalue weighted by Gasteiger charge is -2.37. The lowest BCUT2D eigenvalue weighted by Crippen LogP contribution is -2.45. The van der Waals surface area contributed by atoms with Gasteiger partial charge in [0.15, 0.2) is 0 Å². The molecule has 0 fully saturated rings. The molecule has 1 amide bonds. The molecule has 0 aliphatic carbocycles. The summed E-state index contributed by atoms with van der Waals surface area (Å²) in [6.45, 7) is 3.20. The van der Waals surface area contributed by atoms with Gasteiger partial charge in [-0.3, -0.25) is 9.69 Å². The number of aromatic nitrogens is 2. The van der Waals surface area contributed by atoms with Crippen LogP contribution in [-0.2, 0) is 24.3 Å². The van der Waals surface area contributed by atoms with Crippen LogP contribution in [0.3, 0.4) is 0 Å². The van der Waals surface area contributed by atoms with Crippen molar-refractivity contribution in [2.75, 3.05) is 26.7 Å². The molecule has 2 aliphatic heterocycles. The number of carbonyl (C=O) groups is 1. The highest BCUT2D eigenvalue weighted by Crippen LogP contribution is 2.33. The number of nitrogens with zero attached hydrogens (tertiary/aromatic N) is 4. The first-order valence-electron chi connectivity index (χ1n) is 10.7. The molecular formula is C25H26N4O2. The van der Waals surface area contributed by atoms with Crippen molar-refractivity contribution in [1.82, 2.24) is 19.8 Å². The molecule has 0 saturated heterocycles. The first-order chi connectivity index (χ1) is 15.2. The molecule has 0 N–H and O–H groups in total. The predicted octanol–water partition coefficient (Wildman–Crippen LogP) is 3.02. The van der Waals surface area contributed by atoms with Crippen LogP contribution in [-0.4, -0.2) is 52.4 Å². The van der Waals surface area contributed by atoms with Crippen LogP contribution >= 0.6 is 0 Å². The number of hydrogen-bond donors (Lipinski definition) is 0. The Morgan fingerprint density at radius 2 is 1.87 bits per heavy atom. The van der Waals surface area contributed by atoms with Gasteiger partial charge in [0, 0.05) is 44.1 Å². The van der Waals surface area contributed by atoms with E-state index in [0.717, 1.165) is 24.2 Å². The summed E-state index contributed by atoms with van der Waals surface area (Å²) >= 11 is 0. The summed E-state index contributed by atoms with van der Waals surface area (Å²) in [6.07, 6.45) is 2.35. The van der Waals surface area contributed by atoms with E-state index >= 15 is 0 Å². The number of fused-ring (bicyclic) bond motifs is 2. The van der Waals surface area contributed by atoms with Crippen molar-refractivity contribution in [3.63, 3.8) is 0 Å². The number of rotatable bonds is 4. The van der Waals surface area contributed by atoms with Gasteiger partial charge in [0.2, 0.25) is 11.8 Å². The largest absolute Gasteiger partial charge is 0.481 e. The zero-order valence-electron chi connectivity index (χ0n) is 17.7. The van der Waals surface area contributed by atoms with Crippen LogP contribution in [0.4, 0.5) is 0 Å². The van der Waals surface area contributed by atoms with Crippen LogP contribution in [0.5, 0.6) is 5.88 Å². The maximum Gasteiger partial charge on any atom is 0.237 e. The molecule has 158 valence electrons. The van der Waals surface area contributed by atoms with Crippen molar-refractivity contribution in [2.24, 2.45) is 0 Å². The minimum atomic E-state index is 0.162. The Hall–Kier alpha value is -3.25. The first-order valence-corrected chi connectivity index (χ1v) is 10.7. The minimum absolute atomic E-state index is 0.162. The fourth-order valence-corrected chi connectivity index (χ4v) is 4.74. The van der Waals surface area contributed by atoms with E-state index in [1.165, 1.54) is 16.7 Å². The van der Waals surface area contributed by atoms with Crippen molar-refractivity contribution in [2.45, 2.75) is 25.4 Å². The monoisotopic (exact) mass is 414 g/mol. The van der Waals surface area contributed by atoms with Crippen LogP contribution in [0.15, 0.2) is 60.9 Å². The zero-order valence-corrected chi connectivity index (χ0v) is 17.7. The molecule has 0 saturated carbocycles. The van der Waals surface area contributed by atoms with E-state index in [0.29, 0.717) is 32.1 Å².